The van der Waals surface area contributed by atoms with Crippen molar-refractivity contribution in [3.8, 4) is 0 Å². The molecule has 0 aliphatic carbocycles. The fourth-order valence-corrected chi connectivity index (χ4v) is 3.59. The van der Waals surface area contributed by atoms with Gasteiger partial charge in [0.25, 0.3) is 0 Å². The molecule has 2 aliphatic rings. The second-order valence-corrected chi connectivity index (χ2v) is 6.59. The van der Waals surface area contributed by atoms with Gasteiger partial charge in [-0.3, -0.25) is 4.57 Å². The number of carbonyl (C=O) groups is 1. The van der Waals surface area contributed by atoms with Crippen molar-refractivity contribution in [1.82, 2.24) is 29.9 Å². The van der Waals surface area contributed by atoms with Crippen molar-refractivity contribution < 1.29 is 4.79 Å². The Bertz CT molecular complexity index is 608. The zero-order valence-corrected chi connectivity index (χ0v) is 12.7. The van der Waals surface area contributed by atoms with Crippen LogP contribution < -0.4 is 11.0 Å². The first-order chi connectivity index (χ1) is 9.89. The van der Waals surface area contributed by atoms with Gasteiger partial charge in [-0.15, -0.1) is 0 Å². The van der Waals surface area contributed by atoms with Crippen LogP contribution in [0.4, 0.5) is 4.79 Å². The van der Waals surface area contributed by atoms with Crippen LogP contribution in [0.15, 0.2) is 4.79 Å². The van der Waals surface area contributed by atoms with E-state index in [9.17, 15) is 9.59 Å². The Morgan fingerprint density at radius 1 is 1.43 bits per heavy atom. The predicted octanol–water partition coefficient (Wildman–Crippen LogP) is -0.798. The summed E-state index contributed by atoms with van der Waals surface area (Å²) in [6.45, 7) is 6.18. The number of carbonyl (C=O) groups excluding carboxylic acids is 1. The van der Waals surface area contributed by atoms with E-state index in [1.807, 2.05) is 4.90 Å². The number of hydrogen-bond acceptors (Lipinski definition) is 4. The van der Waals surface area contributed by atoms with Gasteiger partial charge in [-0.05, 0) is 13.0 Å². The lowest BCUT2D eigenvalue weighted by Crippen LogP contribution is -2.41. The minimum Gasteiger partial charge on any atom is -0.331 e. The fraction of sp³-hybridized carbons (Fsp3) is 0.769. The van der Waals surface area contributed by atoms with Crippen molar-refractivity contribution in [3.63, 3.8) is 0 Å². The van der Waals surface area contributed by atoms with E-state index >= 15 is 0 Å². The average molecular weight is 294 g/mol. The Morgan fingerprint density at radius 2 is 2.19 bits per heavy atom. The molecule has 0 saturated carbocycles. The highest BCUT2D eigenvalue weighted by Crippen LogP contribution is 2.41. The lowest BCUT2D eigenvalue weighted by Gasteiger charge is -2.24. The predicted molar refractivity (Wildman–Crippen MR) is 76.7 cm³/mol. The van der Waals surface area contributed by atoms with Crippen molar-refractivity contribution in [1.29, 1.82) is 0 Å². The van der Waals surface area contributed by atoms with E-state index in [1.54, 1.807) is 7.05 Å². The third kappa shape index (κ3) is 2.44. The van der Waals surface area contributed by atoms with E-state index in [0.29, 0.717) is 11.7 Å². The summed E-state index contributed by atoms with van der Waals surface area (Å²) in [5.74, 6) is 1.07. The standard InChI is InChI=1S/C13H22N6O2/c1-13-7-17(2)5-9(13)6-19(8-13)11(20)14-4-10-15-16-12(21)18(10)3/h9H,4-8H2,1-3H3,(H,14,20)(H,16,21)/t9-,13+/m1/s1. The molecule has 1 aromatic heterocycles. The minimum atomic E-state index is -0.273. The summed E-state index contributed by atoms with van der Waals surface area (Å²) in [7, 11) is 3.76. The number of aromatic nitrogens is 3. The topological polar surface area (TPSA) is 86.3 Å². The molecule has 2 amide bonds. The van der Waals surface area contributed by atoms with Crippen molar-refractivity contribution >= 4 is 6.03 Å². The van der Waals surface area contributed by atoms with Crippen molar-refractivity contribution in [3.05, 3.63) is 16.3 Å². The second kappa shape index (κ2) is 4.87. The molecule has 0 bridgehead atoms. The number of H-pyrrole nitrogens is 1. The molecule has 2 aliphatic heterocycles. The van der Waals surface area contributed by atoms with Gasteiger partial charge in [0.1, 0.15) is 0 Å². The van der Waals surface area contributed by atoms with Crippen LogP contribution in [0.1, 0.15) is 12.7 Å². The lowest BCUT2D eigenvalue weighted by molar-refractivity contribution is 0.195. The number of likely N-dealkylation sites (tertiary alicyclic amines) is 2. The van der Waals surface area contributed by atoms with Gasteiger partial charge in [0.05, 0.1) is 6.54 Å². The second-order valence-electron chi connectivity index (χ2n) is 6.59. The maximum Gasteiger partial charge on any atom is 0.343 e. The van der Waals surface area contributed by atoms with Gasteiger partial charge in [0.15, 0.2) is 5.82 Å². The Balaban J connectivity index is 1.58. The molecular formula is C13H22N6O2. The van der Waals surface area contributed by atoms with E-state index in [4.69, 9.17) is 0 Å². The zero-order valence-electron chi connectivity index (χ0n) is 12.7. The lowest BCUT2D eigenvalue weighted by atomic mass is 9.83. The zero-order chi connectivity index (χ0) is 15.2. The molecule has 2 atom stereocenters. The van der Waals surface area contributed by atoms with Gasteiger partial charge in [-0.2, -0.15) is 5.10 Å². The summed E-state index contributed by atoms with van der Waals surface area (Å²) in [5, 5.41) is 9.08. The number of rotatable bonds is 2. The monoisotopic (exact) mass is 294 g/mol. The summed E-state index contributed by atoms with van der Waals surface area (Å²) in [6.07, 6.45) is 0. The number of aromatic amines is 1. The highest BCUT2D eigenvalue weighted by Gasteiger charge is 2.49. The Hall–Kier alpha value is -1.83. The smallest absolute Gasteiger partial charge is 0.331 e. The Morgan fingerprint density at radius 3 is 2.81 bits per heavy atom. The summed E-state index contributed by atoms with van der Waals surface area (Å²) in [5.41, 5.74) is -0.0730. The van der Waals surface area contributed by atoms with Gasteiger partial charge in [-0.1, -0.05) is 6.92 Å². The number of fused-ring (bicyclic) bond motifs is 1. The molecule has 2 N–H and O–H groups in total. The third-order valence-electron chi connectivity index (χ3n) is 4.80. The average Bonchev–Trinajstić information content (AvgIpc) is 2.98. The summed E-state index contributed by atoms with van der Waals surface area (Å²) < 4.78 is 1.40. The number of urea groups is 1. The van der Waals surface area contributed by atoms with Crippen LogP contribution in [0.25, 0.3) is 0 Å². The van der Waals surface area contributed by atoms with Crippen LogP contribution in [0, 0.1) is 11.3 Å². The number of amides is 2. The minimum absolute atomic E-state index is 0.0799. The molecule has 2 saturated heterocycles. The van der Waals surface area contributed by atoms with Crippen LogP contribution in [0.5, 0.6) is 0 Å². The van der Waals surface area contributed by atoms with Gasteiger partial charge < -0.3 is 15.1 Å². The molecule has 0 unspecified atom stereocenters. The first-order valence-corrected chi connectivity index (χ1v) is 7.21. The Kier molecular flexibility index (Phi) is 3.27. The first kappa shape index (κ1) is 14.1. The normalized spacial score (nSPS) is 28.9. The van der Waals surface area contributed by atoms with Crippen molar-refractivity contribution in [2.75, 3.05) is 33.2 Å². The van der Waals surface area contributed by atoms with Crippen LogP contribution in [0.3, 0.4) is 0 Å². The SMILES string of the molecule is CN1C[C@@H]2CN(C(=O)NCc3n[nH]c(=O)n3C)C[C@]2(C)C1. The molecule has 8 nitrogen and oxygen atoms in total. The van der Waals surface area contributed by atoms with E-state index < -0.39 is 0 Å². The van der Waals surface area contributed by atoms with Crippen molar-refractivity contribution in [2.45, 2.75) is 13.5 Å². The molecule has 0 aromatic carbocycles. The molecule has 21 heavy (non-hydrogen) atoms. The largest absolute Gasteiger partial charge is 0.343 e. The van der Waals surface area contributed by atoms with Crippen LogP contribution >= 0.6 is 0 Å². The molecular weight excluding hydrogens is 272 g/mol. The summed E-state index contributed by atoms with van der Waals surface area (Å²) >= 11 is 0. The summed E-state index contributed by atoms with van der Waals surface area (Å²) in [4.78, 5) is 27.7. The first-order valence-electron chi connectivity index (χ1n) is 7.21. The van der Waals surface area contributed by atoms with E-state index in [2.05, 4.69) is 34.4 Å². The molecule has 0 spiro atoms. The maximum atomic E-state index is 12.3. The number of nitrogens with one attached hydrogen (secondary N) is 2. The third-order valence-corrected chi connectivity index (χ3v) is 4.80. The Labute approximate surface area is 123 Å². The van der Waals surface area contributed by atoms with Crippen molar-refractivity contribution in [2.24, 2.45) is 18.4 Å². The van der Waals surface area contributed by atoms with E-state index in [-0.39, 0.29) is 23.7 Å². The molecule has 0 radical (unpaired) electrons. The van der Waals surface area contributed by atoms with Crippen LogP contribution in [-0.2, 0) is 13.6 Å². The van der Waals surface area contributed by atoms with Gasteiger partial charge >= 0.3 is 11.7 Å². The number of hydrogen-bond donors (Lipinski definition) is 2. The van der Waals surface area contributed by atoms with Gasteiger partial charge in [0, 0.05) is 38.6 Å². The fourth-order valence-electron chi connectivity index (χ4n) is 3.59. The highest BCUT2D eigenvalue weighted by atomic mass is 16.2. The highest BCUT2D eigenvalue weighted by molar-refractivity contribution is 5.74. The van der Waals surface area contributed by atoms with E-state index in [0.717, 1.165) is 26.2 Å². The molecule has 1 aromatic rings. The molecule has 116 valence electrons. The molecule has 2 fully saturated rings. The van der Waals surface area contributed by atoms with Crippen LogP contribution in [-0.4, -0.2) is 63.8 Å². The van der Waals surface area contributed by atoms with Gasteiger partial charge in [-0.25, -0.2) is 14.7 Å². The number of nitrogens with zero attached hydrogens (tertiary/aromatic N) is 4. The quantitative estimate of drug-likeness (QED) is 0.748. The van der Waals surface area contributed by atoms with Crippen LogP contribution in [0.2, 0.25) is 0 Å². The van der Waals surface area contributed by atoms with E-state index in [1.165, 1.54) is 4.57 Å². The van der Waals surface area contributed by atoms with Gasteiger partial charge in [0.2, 0.25) is 0 Å². The molecule has 3 rings (SSSR count). The molecule has 3 heterocycles. The maximum absolute atomic E-state index is 12.3. The summed E-state index contributed by atoms with van der Waals surface area (Å²) in [6, 6.07) is -0.0799. The molecule has 8 heteroatoms.